The van der Waals surface area contributed by atoms with Gasteiger partial charge in [0.25, 0.3) is 0 Å². The summed E-state index contributed by atoms with van der Waals surface area (Å²) in [4.78, 5) is 0. The average molecular weight is 305 g/mol. The van der Waals surface area contributed by atoms with Gasteiger partial charge in [-0.3, -0.25) is 0 Å². The lowest BCUT2D eigenvalue weighted by Gasteiger charge is -2.11. The number of nitrogens with one attached hydrogen (secondary N) is 2. The molecule has 0 spiro atoms. The van der Waals surface area contributed by atoms with Gasteiger partial charge in [-0.25, -0.2) is 0 Å². The lowest BCUT2D eigenvalue weighted by atomic mass is 10.1. The van der Waals surface area contributed by atoms with Gasteiger partial charge in [0.05, 0.1) is 0 Å². The van der Waals surface area contributed by atoms with Crippen molar-refractivity contribution in [3.8, 4) is 0 Å². The topological polar surface area (TPSA) is 24.1 Å². The highest BCUT2D eigenvalue weighted by molar-refractivity contribution is 7.80. The van der Waals surface area contributed by atoms with Crippen molar-refractivity contribution >= 4 is 34.6 Å². The molecule has 0 aliphatic rings. The summed E-state index contributed by atoms with van der Waals surface area (Å²) < 4.78 is 0. The van der Waals surface area contributed by atoms with Crippen molar-refractivity contribution < 1.29 is 0 Å². The molecule has 104 valence electrons. The zero-order valence-electron chi connectivity index (χ0n) is 11.3. The Balaban J connectivity index is 1.89. The molecule has 2 nitrogen and oxygen atoms in total. The van der Waals surface area contributed by atoms with Crippen LogP contribution < -0.4 is 10.6 Å². The minimum atomic E-state index is 0.609. The van der Waals surface area contributed by atoms with E-state index in [9.17, 15) is 0 Å². The van der Waals surface area contributed by atoms with E-state index in [1.165, 1.54) is 5.56 Å². The fourth-order valence-corrected chi connectivity index (χ4v) is 2.28. The van der Waals surface area contributed by atoms with Gasteiger partial charge in [-0.2, -0.15) is 0 Å². The highest BCUT2D eigenvalue weighted by Crippen LogP contribution is 2.12. The normalized spacial score (nSPS) is 10.1. The van der Waals surface area contributed by atoms with Crippen molar-refractivity contribution in [2.75, 3.05) is 5.32 Å². The van der Waals surface area contributed by atoms with E-state index in [-0.39, 0.29) is 0 Å². The molecule has 0 heterocycles. The van der Waals surface area contributed by atoms with Gasteiger partial charge in [0.2, 0.25) is 0 Å². The van der Waals surface area contributed by atoms with Crippen molar-refractivity contribution in [3.63, 3.8) is 0 Å². The molecule has 0 fully saturated rings. The summed E-state index contributed by atoms with van der Waals surface area (Å²) in [5.41, 5.74) is 3.39. The SMILES string of the molecule is CCc1cccc(NC(=S)NCc2cccc(Cl)c2)c1. The molecule has 0 amide bonds. The molecule has 4 heteroatoms. The second-order valence-corrected chi connectivity index (χ2v) is 5.34. The van der Waals surface area contributed by atoms with E-state index >= 15 is 0 Å². The second-order valence-electron chi connectivity index (χ2n) is 4.49. The van der Waals surface area contributed by atoms with Gasteiger partial charge in [0.1, 0.15) is 0 Å². The van der Waals surface area contributed by atoms with Crippen LogP contribution in [0.5, 0.6) is 0 Å². The van der Waals surface area contributed by atoms with E-state index in [1.54, 1.807) is 0 Å². The Morgan fingerprint density at radius 2 is 1.85 bits per heavy atom. The highest BCUT2D eigenvalue weighted by atomic mass is 35.5. The smallest absolute Gasteiger partial charge is 0.171 e. The Kier molecular flexibility index (Phi) is 5.39. The van der Waals surface area contributed by atoms with E-state index < -0.39 is 0 Å². The van der Waals surface area contributed by atoms with Gasteiger partial charge in [-0.15, -0.1) is 0 Å². The first-order valence-electron chi connectivity index (χ1n) is 6.55. The molecular weight excluding hydrogens is 288 g/mol. The summed E-state index contributed by atoms with van der Waals surface area (Å²) in [5.74, 6) is 0. The minimum absolute atomic E-state index is 0.609. The van der Waals surface area contributed by atoms with Crippen LogP contribution in [0.3, 0.4) is 0 Å². The van der Waals surface area contributed by atoms with Crippen LogP contribution in [0.2, 0.25) is 5.02 Å². The first-order valence-corrected chi connectivity index (χ1v) is 7.34. The van der Waals surface area contributed by atoms with Crippen LogP contribution in [0.25, 0.3) is 0 Å². The minimum Gasteiger partial charge on any atom is -0.358 e. The number of benzene rings is 2. The molecular formula is C16H17ClN2S. The third-order valence-corrected chi connectivity index (χ3v) is 3.42. The summed E-state index contributed by atoms with van der Waals surface area (Å²) in [6, 6.07) is 16.0. The maximum absolute atomic E-state index is 5.95. The van der Waals surface area contributed by atoms with Gasteiger partial charge >= 0.3 is 0 Å². The maximum Gasteiger partial charge on any atom is 0.171 e. The zero-order chi connectivity index (χ0) is 14.4. The fraction of sp³-hybridized carbons (Fsp3) is 0.188. The van der Waals surface area contributed by atoms with Gasteiger partial charge in [-0.1, -0.05) is 42.8 Å². The van der Waals surface area contributed by atoms with Gasteiger partial charge in [-0.05, 0) is 54.0 Å². The molecule has 0 aliphatic heterocycles. The van der Waals surface area contributed by atoms with Crippen LogP contribution in [0.1, 0.15) is 18.1 Å². The van der Waals surface area contributed by atoms with E-state index in [4.69, 9.17) is 23.8 Å². The molecule has 2 N–H and O–H groups in total. The van der Waals surface area contributed by atoms with Gasteiger partial charge < -0.3 is 10.6 Å². The number of anilines is 1. The Labute approximate surface area is 130 Å². The molecule has 20 heavy (non-hydrogen) atoms. The summed E-state index contributed by atoms with van der Waals surface area (Å²) >= 11 is 11.2. The molecule has 2 aromatic rings. The third kappa shape index (κ3) is 4.51. The first kappa shape index (κ1) is 14.8. The first-order chi connectivity index (χ1) is 9.67. The quantitative estimate of drug-likeness (QED) is 0.819. The Morgan fingerprint density at radius 3 is 2.60 bits per heavy atom. The van der Waals surface area contributed by atoms with E-state index in [2.05, 4.69) is 29.7 Å². The molecule has 0 atom stereocenters. The summed E-state index contributed by atoms with van der Waals surface area (Å²) in [6.07, 6.45) is 1.01. The third-order valence-electron chi connectivity index (χ3n) is 2.94. The van der Waals surface area contributed by atoms with Gasteiger partial charge in [0, 0.05) is 17.3 Å². The zero-order valence-corrected chi connectivity index (χ0v) is 12.9. The van der Waals surface area contributed by atoms with Crippen LogP contribution in [0, 0.1) is 0 Å². The van der Waals surface area contributed by atoms with Crippen molar-refractivity contribution in [1.29, 1.82) is 0 Å². The van der Waals surface area contributed by atoms with Crippen molar-refractivity contribution in [2.24, 2.45) is 0 Å². The molecule has 0 saturated carbocycles. The van der Waals surface area contributed by atoms with Crippen molar-refractivity contribution in [1.82, 2.24) is 5.32 Å². The molecule has 0 saturated heterocycles. The molecule has 0 unspecified atom stereocenters. The lowest BCUT2D eigenvalue weighted by molar-refractivity contribution is 0.926. The van der Waals surface area contributed by atoms with E-state index in [1.807, 2.05) is 36.4 Å². The van der Waals surface area contributed by atoms with Crippen LogP contribution in [-0.2, 0) is 13.0 Å². The van der Waals surface area contributed by atoms with Crippen LogP contribution in [0.4, 0.5) is 5.69 Å². The maximum atomic E-state index is 5.95. The monoisotopic (exact) mass is 304 g/mol. The molecule has 2 rings (SSSR count). The van der Waals surface area contributed by atoms with Crippen molar-refractivity contribution in [3.05, 3.63) is 64.7 Å². The number of rotatable bonds is 4. The Bertz CT molecular complexity index is 599. The molecule has 2 aromatic carbocycles. The fourth-order valence-electron chi connectivity index (χ4n) is 1.87. The number of hydrogen-bond acceptors (Lipinski definition) is 1. The standard InChI is InChI=1S/C16H17ClN2S/c1-2-12-5-4-8-15(10-12)19-16(20)18-11-13-6-3-7-14(17)9-13/h3-10H,2,11H2,1H3,(H2,18,19,20). The van der Waals surface area contributed by atoms with Crippen LogP contribution in [0.15, 0.2) is 48.5 Å². The number of thiocarbonyl (C=S) groups is 1. The molecule has 0 bridgehead atoms. The number of hydrogen-bond donors (Lipinski definition) is 2. The largest absolute Gasteiger partial charge is 0.358 e. The predicted octanol–water partition coefficient (Wildman–Crippen LogP) is 4.39. The summed E-state index contributed by atoms with van der Waals surface area (Å²) in [5, 5.41) is 7.71. The number of halogens is 1. The van der Waals surface area contributed by atoms with Crippen LogP contribution in [-0.4, -0.2) is 5.11 Å². The Morgan fingerprint density at radius 1 is 1.10 bits per heavy atom. The van der Waals surface area contributed by atoms with Crippen molar-refractivity contribution in [2.45, 2.75) is 19.9 Å². The average Bonchev–Trinajstić information content (AvgIpc) is 2.45. The Hall–Kier alpha value is -1.58. The van der Waals surface area contributed by atoms with Crippen LogP contribution >= 0.6 is 23.8 Å². The molecule has 0 aromatic heterocycles. The summed E-state index contributed by atoms with van der Waals surface area (Å²) in [6.45, 7) is 2.79. The summed E-state index contributed by atoms with van der Waals surface area (Å²) in [7, 11) is 0. The van der Waals surface area contributed by atoms with Gasteiger partial charge in [0.15, 0.2) is 5.11 Å². The van der Waals surface area contributed by atoms with E-state index in [0.29, 0.717) is 11.7 Å². The molecule has 0 aliphatic carbocycles. The number of aryl methyl sites for hydroxylation is 1. The molecule has 0 radical (unpaired) electrons. The second kappa shape index (κ2) is 7.27. The highest BCUT2D eigenvalue weighted by Gasteiger charge is 1.99. The van der Waals surface area contributed by atoms with E-state index in [0.717, 1.165) is 22.7 Å². The lowest BCUT2D eigenvalue weighted by Crippen LogP contribution is -2.27. The predicted molar refractivity (Wildman–Crippen MR) is 90.3 cm³/mol.